The molecule has 0 aromatic carbocycles. The molecule has 0 aromatic heterocycles. The summed E-state index contributed by atoms with van der Waals surface area (Å²) >= 11 is 0. The fourth-order valence-corrected chi connectivity index (χ4v) is 0.963. The summed E-state index contributed by atoms with van der Waals surface area (Å²) < 4.78 is 0. The summed E-state index contributed by atoms with van der Waals surface area (Å²) in [6.45, 7) is 7.71. The SMILES string of the molecule is C=C/C(NC)=C(/N=C\CC)C(\C)=N/C. The summed E-state index contributed by atoms with van der Waals surface area (Å²) in [6, 6.07) is 0. The third-order valence-corrected chi connectivity index (χ3v) is 1.81. The molecule has 0 heterocycles. The van der Waals surface area contributed by atoms with Crippen LogP contribution in [0.1, 0.15) is 20.3 Å². The van der Waals surface area contributed by atoms with Gasteiger partial charge in [0.15, 0.2) is 0 Å². The third-order valence-electron chi connectivity index (χ3n) is 1.81. The Balaban J connectivity index is 5.16. The van der Waals surface area contributed by atoms with E-state index >= 15 is 0 Å². The predicted octanol–water partition coefficient (Wildman–Crippen LogP) is 2.17. The lowest BCUT2D eigenvalue weighted by Gasteiger charge is -2.07. The number of nitrogens with zero attached hydrogens (tertiary/aromatic N) is 2. The van der Waals surface area contributed by atoms with E-state index in [-0.39, 0.29) is 0 Å². The first-order valence-electron chi connectivity index (χ1n) is 4.71. The van der Waals surface area contributed by atoms with Crippen molar-refractivity contribution < 1.29 is 0 Å². The van der Waals surface area contributed by atoms with Crippen LogP contribution in [0.25, 0.3) is 0 Å². The maximum absolute atomic E-state index is 4.35. The highest BCUT2D eigenvalue weighted by atomic mass is 14.9. The van der Waals surface area contributed by atoms with Gasteiger partial charge in [-0.25, -0.2) is 0 Å². The van der Waals surface area contributed by atoms with Gasteiger partial charge < -0.3 is 5.32 Å². The van der Waals surface area contributed by atoms with Gasteiger partial charge in [0.1, 0.15) is 5.70 Å². The van der Waals surface area contributed by atoms with Gasteiger partial charge in [0.05, 0.1) is 11.4 Å². The molecular weight excluding hydrogens is 174 g/mol. The lowest BCUT2D eigenvalue weighted by Crippen LogP contribution is -2.10. The molecule has 0 saturated carbocycles. The van der Waals surface area contributed by atoms with Gasteiger partial charge in [-0.2, -0.15) is 0 Å². The zero-order valence-electron chi connectivity index (χ0n) is 9.46. The Bertz CT molecular complexity index is 272. The Morgan fingerprint density at radius 1 is 1.50 bits per heavy atom. The number of hydrogen-bond donors (Lipinski definition) is 1. The number of likely N-dealkylation sites (N-methyl/N-ethyl adjacent to an activating group) is 1. The molecule has 0 amide bonds. The Morgan fingerprint density at radius 2 is 2.14 bits per heavy atom. The maximum Gasteiger partial charge on any atom is 0.106 e. The summed E-state index contributed by atoms with van der Waals surface area (Å²) in [6.07, 6.45) is 4.52. The van der Waals surface area contributed by atoms with Gasteiger partial charge in [-0.05, 0) is 19.4 Å². The monoisotopic (exact) mass is 193 g/mol. The number of aliphatic imine (C=N–C) groups is 2. The second-order valence-electron chi connectivity index (χ2n) is 2.75. The highest BCUT2D eigenvalue weighted by molar-refractivity contribution is 5.99. The van der Waals surface area contributed by atoms with Crippen molar-refractivity contribution in [1.82, 2.24) is 5.32 Å². The Morgan fingerprint density at radius 3 is 2.50 bits per heavy atom. The van der Waals surface area contributed by atoms with Gasteiger partial charge >= 0.3 is 0 Å². The van der Waals surface area contributed by atoms with Crippen molar-refractivity contribution in [3.05, 3.63) is 24.0 Å². The standard InChI is InChI=1S/C11H19N3/c1-6-8-14-11(9(3)12-4)10(7-2)13-5/h7-8,13H,2,6H2,1,3-5H3/b11-10-,12-9-,14-8-. The fourth-order valence-electron chi connectivity index (χ4n) is 0.963. The van der Waals surface area contributed by atoms with E-state index in [1.807, 2.05) is 27.1 Å². The summed E-state index contributed by atoms with van der Waals surface area (Å²) in [5.41, 5.74) is 2.66. The van der Waals surface area contributed by atoms with Gasteiger partial charge in [0.2, 0.25) is 0 Å². The summed E-state index contributed by atoms with van der Waals surface area (Å²) in [5.74, 6) is 0. The quantitative estimate of drug-likeness (QED) is 0.527. The summed E-state index contributed by atoms with van der Waals surface area (Å²) in [5, 5.41) is 3.04. The van der Waals surface area contributed by atoms with E-state index in [4.69, 9.17) is 0 Å². The van der Waals surface area contributed by atoms with E-state index < -0.39 is 0 Å². The molecular formula is C11H19N3. The Kier molecular flexibility index (Phi) is 6.37. The molecule has 0 unspecified atom stereocenters. The highest BCUT2D eigenvalue weighted by Gasteiger charge is 2.03. The van der Waals surface area contributed by atoms with E-state index in [1.54, 1.807) is 13.1 Å². The molecule has 0 fully saturated rings. The van der Waals surface area contributed by atoms with Gasteiger partial charge in [-0.1, -0.05) is 13.5 Å². The summed E-state index contributed by atoms with van der Waals surface area (Å²) in [7, 11) is 3.61. The first-order chi connectivity index (χ1) is 6.71. The van der Waals surface area contributed by atoms with Crippen molar-refractivity contribution in [3.8, 4) is 0 Å². The van der Waals surface area contributed by atoms with Crippen LogP contribution in [0.3, 0.4) is 0 Å². The molecule has 78 valence electrons. The minimum atomic E-state index is 0.854. The first kappa shape index (κ1) is 12.6. The topological polar surface area (TPSA) is 36.8 Å². The van der Waals surface area contributed by atoms with Crippen molar-refractivity contribution in [3.63, 3.8) is 0 Å². The van der Waals surface area contributed by atoms with Crippen LogP contribution in [-0.4, -0.2) is 26.0 Å². The van der Waals surface area contributed by atoms with Crippen LogP contribution in [0.15, 0.2) is 34.0 Å². The van der Waals surface area contributed by atoms with Crippen molar-refractivity contribution in [2.24, 2.45) is 9.98 Å². The van der Waals surface area contributed by atoms with Crippen LogP contribution in [0.5, 0.6) is 0 Å². The number of hydrogen-bond acceptors (Lipinski definition) is 3. The van der Waals surface area contributed by atoms with Gasteiger partial charge in [0.25, 0.3) is 0 Å². The molecule has 3 nitrogen and oxygen atoms in total. The number of nitrogens with one attached hydrogen (secondary N) is 1. The lowest BCUT2D eigenvalue weighted by atomic mass is 10.2. The number of rotatable bonds is 5. The second-order valence-corrected chi connectivity index (χ2v) is 2.75. The lowest BCUT2D eigenvalue weighted by molar-refractivity contribution is 1.01. The Labute approximate surface area is 86.3 Å². The van der Waals surface area contributed by atoms with E-state index in [1.165, 1.54) is 0 Å². The minimum Gasteiger partial charge on any atom is -0.386 e. The molecule has 14 heavy (non-hydrogen) atoms. The van der Waals surface area contributed by atoms with Crippen LogP contribution >= 0.6 is 0 Å². The Hall–Kier alpha value is -1.38. The maximum atomic E-state index is 4.35. The van der Waals surface area contributed by atoms with Crippen molar-refractivity contribution in [2.75, 3.05) is 14.1 Å². The zero-order chi connectivity index (χ0) is 11.0. The van der Waals surface area contributed by atoms with Gasteiger partial charge in [-0.15, -0.1) is 0 Å². The average molecular weight is 193 g/mol. The molecule has 0 aliphatic carbocycles. The van der Waals surface area contributed by atoms with Crippen LogP contribution in [-0.2, 0) is 0 Å². The molecule has 3 heteroatoms. The van der Waals surface area contributed by atoms with Crippen molar-refractivity contribution in [1.29, 1.82) is 0 Å². The second kappa shape index (κ2) is 7.06. The summed E-state index contributed by atoms with van der Waals surface area (Å²) in [4.78, 5) is 8.46. The molecule has 0 radical (unpaired) electrons. The van der Waals surface area contributed by atoms with Crippen molar-refractivity contribution in [2.45, 2.75) is 20.3 Å². The van der Waals surface area contributed by atoms with Crippen LogP contribution < -0.4 is 5.32 Å². The normalized spacial score (nSPS) is 14.1. The predicted molar refractivity (Wildman–Crippen MR) is 64.1 cm³/mol. The van der Waals surface area contributed by atoms with Crippen LogP contribution in [0.2, 0.25) is 0 Å². The number of allylic oxidation sites excluding steroid dienone is 2. The van der Waals surface area contributed by atoms with E-state index in [9.17, 15) is 0 Å². The molecule has 0 aromatic rings. The largest absolute Gasteiger partial charge is 0.386 e. The van der Waals surface area contributed by atoms with Gasteiger partial charge in [0, 0.05) is 20.3 Å². The molecule has 0 bridgehead atoms. The average Bonchev–Trinajstić information content (AvgIpc) is 2.23. The van der Waals surface area contributed by atoms with E-state index in [0.29, 0.717) is 0 Å². The zero-order valence-corrected chi connectivity index (χ0v) is 9.46. The minimum absolute atomic E-state index is 0.854. The molecule has 0 atom stereocenters. The van der Waals surface area contributed by atoms with Crippen LogP contribution in [0.4, 0.5) is 0 Å². The molecule has 0 aliphatic heterocycles. The fraction of sp³-hybridized carbons (Fsp3) is 0.455. The van der Waals surface area contributed by atoms with E-state index in [0.717, 1.165) is 23.5 Å². The highest BCUT2D eigenvalue weighted by Crippen LogP contribution is 2.06. The first-order valence-corrected chi connectivity index (χ1v) is 4.71. The molecule has 0 spiro atoms. The molecule has 1 N–H and O–H groups in total. The molecule has 0 saturated heterocycles. The third kappa shape index (κ3) is 3.56. The van der Waals surface area contributed by atoms with E-state index in [2.05, 4.69) is 21.9 Å². The van der Waals surface area contributed by atoms with Crippen LogP contribution in [0, 0.1) is 0 Å². The van der Waals surface area contributed by atoms with Gasteiger partial charge in [-0.3, -0.25) is 9.98 Å². The molecule has 0 rings (SSSR count). The van der Waals surface area contributed by atoms with Crippen molar-refractivity contribution >= 4 is 11.9 Å². The molecule has 0 aliphatic rings. The smallest absolute Gasteiger partial charge is 0.106 e.